The summed E-state index contributed by atoms with van der Waals surface area (Å²) in [4.78, 5) is 8.52. The molecule has 0 fully saturated rings. The van der Waals surface area contributed by atoms with Crippen molar-refractivity contribution in [1.82, 2.24) is 9.97 Å². The quantitative estimate of drug-likeness (QED) is 0.813. The van der Waals surface area contributed by atoms with Crippen LogP contribution in [0.25, 0.3) is 11.1 Å². The zero-order valence-corrected chi connectivity index (χ0v) is 10.6. The molecule has 2 rings (SSSR count). The summed E-state index contributed by atoms with van der Waals surface area (Å²) in [5, 5.41) is 3.08. The van der Waals surface area contributed by atoms with Crippen LogP contribution in [0, 0.1) is 6.92 Å². The first-order valence-corrected chi connectivity index (χ1v) is 6.16. The molecule has 0 radical (unpaired) electrons. The summed E-state index contributed by atoms with van der Waals surface area (Å²) in [7, 11) is 0. The maximum atomic E-state index is 4.26. The normalized spacial score (nSPS) is 10.2. The predicted octanol–water partition coefficient (Wildman–Crippen LogP) is 2.79. The third-order valence-electron chi connectivity index (χ3n) is 2.43. The van der Waals surface area contributed by atoms with Crippen LogP contribution in [-0.2, 0) is 0 Å². The third kappa shape index (κ3) is 3.20. The van der Waals surface area contributed by atoms with Crippen molar-refractivity contribution in [3.05, 3.63) is 42.2 Å². The molecule has 1 aromatic carbocycles. The van der Waals surface area contributed by atoms with E-state index >= 15 is 0 Å². The lowest BCUT2D eigenvalue weighted by Crippen LogP contribution is -2.05. The molecule has 3 nitrogen and oxygen atoms in total. The monoisotopic (exact) mass is 245 g/mol. The van der Waals surface area contributed by atoms with E-state index in [2.05, 4.69) is 59.1 Å². The highest BCUT2D eigenvalue weighted by Crippen LogP contribution is 2.18. The van der Waals surface area contributed by atoms with Gasteiger partial charge in [0.2, 0.25) is 5.95 Å². The van der Waals surface area contributed by atoms with Gasteiger partial charge in [0.25, 0.3) is 0 Å². The molecule has 0 saturated carbocycles. The summed E-state index contributed by atoms with van der Waals surface area (Å²) in [6.07, 6.45) is 3.66. The molecule has 1 N–H and O–H groups in total. The summed E-state index contributed by atoms with van der Waals surface area (Å²) in [5.41, 5.74) is 3.42. The highest BCUT2D eigenvalue weighted by atomic mass is 32.1. The Bertz CT molecular complexity index is 465. The van der Waals surface area contributed by atoms with Crippen LogP contribution >= 0.6 is 12.6 Å². The van der Waals surface area contributed by atoms with E-state index < -0.39 is 0 Å². The van der Waals surface area contributed by atoms with Crippen LogP contribution in [0.5, 0.6) is 0 Å². The largest absolute Gasteiger partial charge is 0.353 e. The van der Waals surface area contributed by atoms with E-state index in [-0.39, 0.29) is 0 Å². The van der Waals surface area contributed by atoms with Gasteiger partial charge in [-0.3, -0.25) is 0 Å². The lowest BCUT2D eigenvalue weighted by molar-refractivity contribution is 1.09. The van der Waals surface area contributed by atoms with E-state index in [1.807, 2.05) is 12.4 Å². The van der Waals surface area contributed by atoms with Gasteiger partial charge in [-0.2, -0.15) is 12.6 Å². The van der Waals surface area contributed by atoms with Crippen LogP contribution in [0.15, 0.2) is 36.7 Å². The highest BCUT2D eigenvalue weighted by Gasteiger charge is 1.99. The number of aromatic nitrogens is 2. The number of anilines is 1. The van der Waals surface area contributed by atoms with Gasteiger partial charge in [-0.05, 0) is 12.5 Å². The van der Waals surface area contributed by atoms with Crippen LogP contribution in [-0.4, -0.2) is 22.3 Å². The summed E-state index contributed by atoms with van der Waals surface area (Å²) in [6.45, 7) is 2.84. The van der Waals surface area contributed by atoms with Gasteiger partial charge in [-0.1, -0.05) is 29.8 Å². The van der Waals surface area contributed by atoms with E-state index in [9.17, 15) is 0 Å². The molecule has 17 heavy (non-hydrogen) atoms. The minimum atomic E-state index is 0.648. The van der Waals surface area contributed by atoms with Crippen molar-refractivity contribution in [3.8, 4) is 11.1 Å². The fraction of sp³-hybridized carbons (Fsp3) is 0.231. The maximum absolute atomic E-state index is 4.26. The number of benzene rings is 1. The molecule has 1 heterocycles. The van der Waals surface area contributed by atoms with Gasteiger partial charge < -0.3 is 5.32 Å². The molecule has 0 spiro atoms. The number of hydrogen-bond acceptors (Lipinski definition) is 4. The molecule has 0 unspecified atom stereocenters. The Labute approximate surface area is 107 Å². The van der Waals surface area contributed by atoms with Crippen molar-refractivity contribution in [3.63, 3.8) is 0 Å². The maximum Gasteiger partial charge on any atom is 0.222 e. The van der Waals surface area contributed by atoms with Crippen molar-refractivity contribution in [1.29, 1.82) is 0 Å². The van der Waals surface area contributed by atoms with Crippen LogP contribution in [0.4, 0.5) is 5.95 Å². The van der Waals surface area contributed by atoms with Crippen molar-refractivity contribution in [2.24, 2.45) is 0 Å². The number of nitrogens with zero attached hydrogens (tertiary/aromatic N) is 2. The van der Waals surface area contributed by atoms with E-state index in [1.165, 1.54) is 5.56 Å². The first-order chi connectivity index (χ1) is 8.29. The highest BCUT2D eigenvalue weighted by molar-refractivity contribution is 7.80. The molecule has 1 aromatic heterocycles. The fourth-order valence-electron chi connectivity index (χ4n) is 1.48. The van der Waals surface area contributed by atoms with Gasteiger partial charge in [0.05, 0.1) is 0 Å². The van der Waals surface area contributed by atoms with Crippen LogP contribution in [0.1, 0.15) is 5.56 Å². The minimum absolute atomic E-state index is 0.648. The van der Waals surface area contributed by atoms with Crippen molar-refractivity contribution < 1.29 is 0 Å². The summed E-state index contributed by atoms with van der Waals surface area (Å²) < 4.78 is 0. The van der Waals surface area contributed by atoms with Crippen LogP contribution in [0.3, 0.4) is 0 Å². The summed E-state index contributed by atoms with van der Waals surface area (Å²) >= 11 is 4.12. The van der Waals surface area contributed by atoms with Gasteiger partial charge in [0, 0.05) is 30.3 Å². The fourth-order valence-corrected chi connectivity index (χ4v) is 1.59. The smallest absolute Gasteiger partial charge is 0.222 e. The standard InChI is InChI=1S/C13H15N3S/c1-10-2-4-11(5-3-10)12-8-15-13(16-9-12)14-6-7-17/h2-5,8-9,17H,6-7H2,1H3,(H,14,15,16). The number of thiol groups is 1. The summed E-state index contributed by atoms with van der Waals surface area (Å²) in [6, 6.07) is 8.33. The molecule has 0 atom stereocenters. The van der Waals surface area contributed by atoms with Crippen LogP contribution < -0.4 is 5.32 Å². The third-order valence-corrected chi connectivity index (χ3v) is 2.66. The number of hydrogen-bond donors (Lipinski definition) is 2. The molecule has 0 bridgehead atoms. The van der Waals surface area contributed by atoms with Crippen molar-refractivity contribution in [2.75, 3.05) is 17.6 Å². The van der Waals surface area contributed by atoms with E-state index in [0.29, 0.717) is 5.95 Å². The molecule has 0 saturated heterocycles. The van der Waals surface area contributed by atoms with E-state index in [1.54, 1.807) is 0 Å². The Kier molecular flexibility index (Phi) is 3.98. The molecule has 0 amide bonds. The zero-order valence-electron chi connectivity index (χ0n) is 9.72. The van der Waals surface area contributed by atoms with Gasteiger partial charge >= 0.3 is 0 Å². The Balaban J connectivity index is 2.14. The number of aryl methyl sites for hydroxylation is 1. The first kappa shape index (κ1) is 11.9. The first-order valence-electron chi connectivity index (χ1n) is 5.53. The van der Waals surface area contributed by atoms with E-state index in [4.69, 9.17) is 0 Å². The van der Waals surface area contributed by atoms with Crippen molar-refractivity contribution >= 4 is 18.6 Å². The Hall–Kier alpha value is -1.55. The van der Waals surface area contributed by atoms with Gasteiger partial charge in [0.1, 0.15) is 0 Å². The lowest BCUT2D eigenvalue weighted by Gasteiger charge is -2.04. The molecule has 0 aliphatic carbocycles. The molecule has 2 aromatic rings. The SMILES string of the molecule is Cc1ccc(-c2cnc(NCCS)nc2)cc1. The lowest BCUT2D eigenvalue weighted by atomic mass is 10.1. The van der Waals surface area contributed by atoms with E-state index in [0.717, 1.165) is 23.4 Å². The Morgan fingerprint density at radius 2 is 1.71 bits per heavy atom. The molecule has 4 heteroatoms. The topological polar surface area (TPSA) is 37.8 Å². The van der Waals surface area contributed by atoms with Gasteiger partial charge in [-0.15, -0.1) is 0 Å². The molecule has 88 valence electrons. The van der Waals surface area contributed by atoms with Crippen LogP contribution in [0.2, 0.25) is 0 Å². The zero-order chi connectivity index (χ0) is 12.1. The molecular formula is C13H15N3S. The minimum Gasteiger partial charge on any atom is -0.353 e. The molecule has 0 aliphatic heterocycles. The predicted molar refractivity (Wildman–Crippen MR) is 74.5 cm³/mol. The molecular weight excluding hydrogens is 230 g/mol. The second-order valence-corrected chi connectivity index (χ2v) is 4.26. The number of nitrogens with one attached hydrogen (secondary N) is 1. The Morgan fingerprint density at radius 1 is 1.06 bits per heavy atom. The van der Waals surface area contributed by atoms with Gasteiger partial charge in [0.15, 0.2) is 0 Å². The van der Waals surface area contributed by atoms with Crippen molar-refractivity contribution in [2.45, 2.75) is 6.92 Å². The Morgan fingerprint density at radius 3 is 2.29 bits per heavy atom. The average molecular weight is 245 g/mol. The second kappa shape index (κ2) is 5.68. The summed E-state index contributed by atoms with van der Waals surface area (Å²) in [5.74, 6) is 1.42. The second-order valence-electron chi connectivity index (χ2n) is 3.81. The van der Waals surface area contributed by atoms with Gasteiger partial charge in [-0.25, -0.2) is 9.97 Å². The number of rotatable bonds is 4. The average Bonchev–Trinajstić information content (AvgIpc) is 2.38. The molecule has 0 aliphatic rings.